The molecule has 0 bridgehead atoms. The lowest BCUT2D eigenvalue weighted by Crippen LogP contribution is -2.17. The third kappa shape index (κ3) is 2.72. The Balaban J connectivity index is 1.90. The number of anilines is 1. The second kappa shape index (κ2) is 5.28. The number of carbonyl (C=O) groups is 1. The molecule has 0 aliphatic carbocycles. The summed E-state index contributed by atoms with van der Waals surface area (Å²) in [6, 6.07) is 13.2. The Hall–Kier alpha value is -2.82. The fraction of sp³-hybridized carbons (Fsp3) is 0.125. The molecule has 1 heterocycles. The Morgan fingerprint density at radius 1 is 1.24 bits per heavy atom. The average molecular weight is 280 g/mol. The van der Waals surface area contributed by atoms with E-state index in [0.29, 0.717) is 12.0 Å². The number of fused-ring (bicyclic) bond motifs is 1. The smallest absolute Gasteiger partial charge is 0.251 e. The van der Waals surface area contributed by atoms with Gasteiger partial charge >= 0.3 is 0 Å². The number of rotatable bonds is 3. The number of aromatic amines is 1. The first kappa shape index (κ1) is 13.2. The molecule has 0 spiro atoms. The summed E-state index contributed by atoms with van der Waals surface area (Å²) in [6.07, 6.45) is 0.699. The standard InChI is InChI=1S/C16H16N4O/c1-18-16(21)11-4-7-13-14(9-11)20-15(19-13)8-10-2-5-12(17)6-3-10/h2-7,9H,8,17H2,1H3,(H,18,21)(H,19,20). The van der Waals surface area contributed by atoms with Crippen molar-refractivity contribution in [1.82, 2.24) is 15.3 Å². The van der Waals surface area contributed by atoms with Crippen LogP contribution in [-0.2, 0) is 6.42 Å². The minimum absolute atomic E-state index is 0.105. The van der Waals surface area contributed by atoms with Crippen molar-refractivity contribution in [3.8, 4) is 0 Å². The Labute approximate surface area is 122 Å². The summed E-state index contributed by atoms with van der Waals surface area (Å²) in [6.45, 7) is 0. The molecule has 5 heteroatoms. The lowest BCUT2D eigenvalue weighted by molar-refractivity contribution is 0.0963. The lowest BCUT2D eigenvalue weighted by atomic mass is 10.1. The lowest BCUT2D eigenvalue weighted by Gasteiger charge is -1.99. The van der Waals surface area contributed by atoms with Crippen molar-refractivity contribution in [3.05, 3.63) is 59.4 Å². The average Bonchev–Trinajstić information content (AvgIpc) is 2.90. The van der Waals surface area contributed by atoms with E-state index >= 15 is 0 Å². The molecule has 4 N–H and O–H groups in total. The summed E-state index contributed by atoms with van der Waals surface area (Å²) in [7, 11) is 1.62. The number of aromatic nitrogens is 2. The number of benzene rings is 2. The largest absolute Gasteiger partial charge is 0.399 e. The van der Waals surface area contributed by atoms with Crippen molar-refractivity contribution in [3.63, 3.8) is 0 Å². The minimum Gasteiger partial charge on any atom is -0.399 e. The molecule has 106 valence electrons. The molecule has 0 radical (unpaired) electrons. The zero-order valence-electron chi connectivity index (χ0n) is 11.7. The van der Waals surface area contributed by atoms with Crippen LogP contribution in [0.1, 0.15) is 21.7 Å². The van der Waals surface area contributed by atoms with Gasteiger partial charge in [-0.15, -0.1) is 0 Å². The highest BCUT2D eigenvalue weighted by Crippen LogP contribution is 2.16. The van der Waals surface area contributed by atoms with Gasteiger partial charge in [0.25, 0.3) is 5.91 Å². The molecule has 0 aliphatic heterocycles. The highest BCUT2D eigenvalue weighted by atomic mass is 16.1. The fourth-order valence-electron chi connectivity index (χ4n) is 2.26. The number of nitrogens with one attached hydrogen (secondary N) is 2. The number of H-pyrrole nitrogens is 1. The molecule has 0 atom stereocenters. The van der Waals surface area contributed by atoms with E-state index in [9.17, 15) is 4.79 Å². The first-order valence-corrected chi connectivity index (χ1v) is 6.71. The van der Waals surface area contributed by atoms with Crippen molar-refractivity contribution < 1.29 is 4.79 Å². The van der Waals surface area contributed by atoms with E-state index in [-0.39, 0.29) is 5.91 Å². The van der Waals surface area contributed by atoms with E-state index < -0.39 is 0 Å². The van der Waals surface area contributed by atoms with Crippen LogP contribution in [0.3, 0.4) is 0 Å². The molecule has 0 aliphatic rings. The minimum atomic E-state index is -0.105. The van der Waals surface area contributed by atoms with Crippen LogP contribution < -0.4 is 11.1 Å². The number of nitrogen functional groups attached to an aromatic ring is 1. The van der Waals surface area contributed by atoms with Crippen molar-refractivity contribution in [2.75, 3.05) is 12.8 Å². The molecule has 1 amide bonds. The van der Waals surface area contributed by atoms with Gasteiger partial charge in [-0.2, -0.15) is 0 Å². The summed E-state index contributed by atoms with van der Waals surface area (Å²) in [5.74, 6) is 0.760. The zero-order chi connectivity index (χ0) is 14.8. The molecule has 2 aromatic carbocycles. The molecule has 0 fully saturated rings. The summed E-state index contributed by atoms with van der Waals surface area (Å²) in [5.41, 5.74) is 9.90. The predicted molar refractivity (Wildman–Crippen MR) is 83.1 cm³/mol. The maximum absolute atomic E-state index is 11.6. The summed E-state index contributed by atoms with van der Waals surface area (Å²) in [4.78, 5) is 19.4. The van der Waals surface area contributed by atoms with Gasteiger partial charge in [0.2, 0.25) is 0 Å². The molecule has 0 saturated carbocycles. The van der Waals surface area contributed by atoms with Gasteiger partial charge in [-0.25, -0.2) is 4.98 Å². The molecular weight excluding hydrogens is 264 g/mol. The summed E-state index contributed by atoms with van der Waals surface area (Å²) in [5, 5.41) is 2.61. The van der Waals surface area contributed by atoms with Gasteiger partial charge in [-0.05, 0) is 35.9 Å². The molecule has 3 rings (SSSR count). The second-order valence-corrected chi connectivity index (χ2v) is 4.91. The van der Waals surface area contributed by atoms with Gasteiger partial charge in [-0.3, -0.25) is 4.79 Å². The monoisotopic (exact) mass is 280 g/mol. The molecule has 5 nitrogen and oxygen atoms in total. The van der Waals surface area contributed by atoms with Crippen molar-refractivity contribution in [2.45, 2.75) is 6.42 Å². The van der Waals surface area contributed by atoms with E-state index in [2.05, 4.69) is 15.3 Å². The quantitative estimate of drug-likeness (QED) is 0.642. The highest BCUT2D eigenvalue weighted by Gasteiger charge is 2.08. The molecule has 0 saturated heterocycles. The van der Waals surface area contributed by atoms with Crippen LogP contribution >= 0.6 is 0 Å². The number of carbonyl (C=O) groups excluding carboxylic acids is 1. The van der Waals surface area contributed by atoms with E-state index in [1.165, 1.54) is 0 Å². The highest BCUT2D eigenvalue weighted by molar-refractivity contribution is 5.97. The number of imidazole rings is 1. The first-order chi connectivity index (χ1) is 10.2. The van der Waals surface area contributed by atoms with Crippen molar-refractivity contribution in [2.24, 2.45) is 0 Å². The second-order valence-electron chi connectivity index (χ2n) is 4.91. The van der Waals surface area contributed by atoms with Crippen molar-refractivity contribution in [1.29, 1.82) is 0 Å². The van der Waals surface area contributed by atoms with Gasteiger partial charge in [0.05, 0.1) is 11.0 Å². The van der Waals surface area contributed by atoms with Crippen LogP contribution in [-0.4, -0.2) is 22.9 Å². The Morgan fingerprint density at radius 2 is 2.00 bits per heavy atom. The molecular formula is C16H16N4O. The predicted octanol–water partition coefficient (Wildman–Crippen LogP) is 2.10. The van der Waals surface area contributed by atoms with Gasteiger partial charge < -0.3 is 16.0 Å². The van der Waals surface area contributed by atoms with Crippen LogP contribution in [0.25, 0.3) is 11.0 Å². The number of nitrogens with zero attached hydrogens (tertiary/aromatic N) is 1. The number of hydrogen-bond acceptors (Lipinski definition) is 3. The molecule has 1 aromatic heterocycles. The SMILES string of the molecule is CNC(=O)c1ccc2nc(Cc3ccc(N)cc3)[nH]c2c1. The van der Waals surface area contributed by atoms with Gasteiger partial charge in [0, 0.05) is 24.7 Å². The molecule has 21 heavy (non-hydrogen) atoms. The normalized spacial score (nSPS) is 10.7. The Kier molecular flexibility index (Phi) is 3.31. The fourth-order valence-corrected chi connectivity index (χ4v) is 2.26. The van der Waals surface area contributed by atoms with Crippen molar-refractivity contribution >= 4 is 22.6 Å². The van der Waals surface area contributed by atoms with Gasteiger partial charge in [-0.1, -0.05) is 12.1 Å². The van der Waals surface area contributed by atoms with Crippen LogP contribution in [0.4, 0.5) is 5.69 Å². The maximum atomic E-state index is 11.6. The summed E-state index contributed by atoms with van der Waals surface area (Å²) >= 11 is 0. The van der Waals surface area contributed by atoms with Crippen LogP contribution in [0.5, 0.6) is 0 Å². The van der Waals surface area contributed by atoms with Gasteiger partial charge in [0.15, 0.2) is 0 Å². The van der Waals surface area contributed by atoms with Gasteiger partial charge in [0.1, 0.15) is 5.82 Å². The van der Waals surface area contributed by atoms with Crippen LogP contribution in [0.15, 0.2) is 42.5 Å². The number of nitrogens with two attached hydrogens (primary N) is 1. The number of amides is 1. The topological polar surface area (TPSA) is 83.8 Å². The molecule has 0 unspecified atom stereocenters. The third-order valence-electron chi connectivity index (χ3n) is 3.37. The third-order valence-corrected chi connectivity index (χ3v) is 3.37. The maximum Gasteiger partial charge on any atom is 0.251 e. The van der Waals surface area contributed by atoms with E-state index in [0.717, 1.165) is 28.1 Å². The summed E-state index contributed by atoms with van der Waals surface area (Å²) < 4.78 is 0. The first-order valence-electron chi connectivity index (χ1n) is 6.71. The van der Waals surface area contributed by atoms with E-state index in [1.54, 1.807) is 13.1 Å². The van der Waals surface area contributed by atoms with E-state index in [4.69, 9.17) is 5.73 Å². The zero-order valence-corrected chi connectivity index (χ0v) is 11.7. The molecule has 3 aromatic rings. The van der Waals surface area contributed by atoms with Crippen LogP contribution in [0, 0.1) is 0 Å². The Morgan fingerprint density at radius 3 is 2.71 bits per heavy atom. The Bertz CT molecular complexity index is 790. The number of hydrogen-bond donors (Lipinski definition) is 3. The van der Waals surface area contributed by atoms with Crippen LogP contribution in [0.2, 0.25) is 0 Å². The van der Waals surface area contributed by atoms with E-state index in [1.807, 2.05) is 36.4 Å².